The first-order valence-electron chi connectivity index (χ1n) is 5.07. The molecule has 5 heteroatoms. The minimum absolute atomic E-state index is 0.384. The third-order valence-electron chi connectivity index (χ3n) is 2.75. The van der Waals surface area contributed by atoms with E-state index in [0.29, 0.717) is 10.7 Å². The lowest BCUT2D eigenvalue weighted by Gasteiger charge is -1.94. The first-order chi connectivity index (χ1) is 8.19. The Morgan fingerprint density at radius 3 is 2.82 bits per heavy atom. The molecule has 0 atom stereocenters. The predicted molar refractivity (Wildman–Crippen MR) is 66.5 cm³/mol. The topological polar surface area (TPSA) is 57.9 Å². The Hall–Kier alpha value is -1.94. The zero-order valence-electron chi connectivity index (χ0n) is 9.00. The number of hydrogen-bond acceptors (Lipinski definition) is 2. The molecule has 0 fully saturated rings. The van der Waals surface area contributed by atoms with Crippen LogP contribution in [-0.4, -0.2) is 23.0 Å². The van der Waals surface area contributed by atoms with Gasteiger partial charge in [-0.1, -0.05) is 11.6 Å². The van der Waals surface area contributed by atoms with Gasteiger partial charge < -0.3 is 14.7 Å². The second-order valence-electron chi connectivity index (χ2n) is 3.78. The van der Waals surface area contributed by atoms with Crippen molar-refractivity contribution in [3.8, 4) is 0 Å². The number of halogens is 1. The molecule has 2 aromatic heterocycles. The highest BCUT2D eigenvalue weighted by Gasteiger charge is 2.13. The Bertz CT molecular complexity index is 727. The van der Waals surface area contributed by atoms with Crippen LogP contribution in [0.5, 0.6) is 0 Å². The van der Waals surface area contributed by atoms with Gasteiger partial charge in [0.1, 0.15) is 11.3 Å². The predicted octanol–water partition coefficient (Wildman–Crippen LogP) is 3.09. The molecule has 0 saturated carbocycles. The summed E-state index contributed by atoms with van der Waals surface area (Å²) >= 11 is 5.96. The lowest BCUT2D eigenvalue weighted by molar-refractivity contribution is 0.0595. The van der Waals surface area contributed by atoms with Crippen LogP contribution in [0, 0.1) is 0 Å². The zero-order valence-corrected chi connectivity index (χ0v) is 9.76. The van der Waals surface area contributed by atoms with Crippen molar-refractivity contribution in [3.63, 3.8) is 0 Å². The van der Waals surface area contributed by atoms with Gasteiger partial charge in [-0.2, -0.15) is 0 Å². The van der Waals surface area contributed by atoms with Crippen molar-refractivity contribution in [1.82, 2.24) is 9.97 Å². The largest absolute Gasteiger partial charge is 0.464 e. The van der Waals surface area contributed by atoms with Crippen LogP contribution in [0.1, 0.15) is 10.5 Å². The average molecular weight is 249 g/mol. The van der Waals surface area contributed by atoms with E-state index in [4.69, 9.17) is 11.6 Å². The summed E-state index contributed by atoms with van der Waals surface area (Å²) in [5.74, 6) is -0.384. The van der Waals surface area contributed by atoms with E-state index in [1.54, 1.807) is 6.07 Å². The van der Waals surface area contributed by atoms with Gasteiger partial charge in [-0.3, -0.25) is 0 Å². The third kappa shape index (κ3) is 1.49. The summed E-state index contributed by atoms with van der Waals surface area (Å²) in [5.41, 5.74) is 2.20. The number of ether oxygens (including phenoxy) is 1. The fourth-order valence-electron chi connectivity index (χ4n) is 1.97. The van der Waals surface area contributed by atoms with E-state index in [0.717, 1.165) is 21.9 Å². The van der Waals surface area contributed by atoms with Crippen LogP contribution in [-0.2, 0) is 4.74 Å². The molecule has 1 aromatic carbocycles. The maximum absolute atomic E-state index is 11.4. The Morgan fingerprint density at radius 2 is 2.06 bits per heavy atom. The molecule has 2 heterocycles. The number of esters is 1. The normalized spacial score (nSPS) is 11.2. The second-order valence-corrected chi connectivity index (χ2v) is 4.21. The Kier molecular flexibility index (Phi) is 2.12. The van der Waals surface area contributed by atoms with E-state index < -0.39 is 0 Å². The molecule has 0 aliphatic carbocycles. The molecule has 86 valence electrons. The first-order valence-corrected chi connectivity index (χ1v) is 5.45. The molecule has 0 radical (unpaired) electrons. The molecular formula is C12H9ClN2O2. The van der Waals surface area contributed by atoms with Gasteiger partial charge in [0.15, 0.2) is 0 Å². The summed E-state index contributed by atoms with van der Waals surface area (Å²) in [6.45, 7) is 0. The average Bonchev–Trinajstić information content (AvgIpc) is 2.86. The van der Waals surface area contributed by atoms with Gasteiger partial charge in [0, 0.05) is 21.3 Å². The van der Waals surface area contributed by atoms with Crippen LogP contribution in [0.3, 0.4) is 0 Å². The van der Waals surface area contributed by atoms with Gasteiger partial charge in [0.2, 0.25) is 0 Å². The summed E-state index contributed by atoms with van der Waals surface area (Å²) in [6.07, 6.45) is 0. The minimum Gasteiger partial charge on any atom is -0.464 e. The molecule has 3 aromatic rings. The minimum atomic E-state index is -0.384. The fourth-order valence-corrected chi connectivity index (χ4v) is 2.14. The number of H-pyrrole nitrogens is 2. The number of methoxy groups -OCH3 is 1. The van der Waals surface area contributed by atoms with Crippen LogP contribution >= 0.6 is 11.6 Å². The van der Waals surface area contributed by atoms with Crippen LogP contribution in [0.15, 0.2) is 24.3 Å². The highest BCUT2D eigenvalue weighted by Crippen LogP contribution is 2.28. The number of aromatic amines is 2. The van der Waals surface area contributed by atoms with Crippen molar-refractivity contribution in [1.29, 1.82) is 0 Å². The van der Waals surface area contributed by atoms with Gasteiger partial charge in [0.25, 0.3) is 0 Å². The van der Waals surface area contributed by atoms with E-state index >= 15 is 0 Å². The van der Waals surface area contributed by atoms with Crippen LogP contribution in [0.25, 0.3) is 21.9 Å². The molecule has 2 N–H and O–H groups in total. The molecule has 0 amide bonds. The summed E-state index contributed by atoms with van der Waals surface area (Å²) in [5, 5.41) is 2.58. The van der Waals surface area contributed by atoms with Gasteiger partial charge in [-0.25, -0.2) is 4.79 Å². The van der Waals surface area contributed by atoms with Crippen LogP contribution < -0.4 is 0 Å². The summed E-state index contributed by atoms with van der Waals surface area (Å²) in [7, 11) is 1.35. The number of carbonyl (C=O) groups excluding carboxylic acids is 1. The van der Waals surface area contributed by atoms with Crippen molar-refractivity contribution in [2.75, 3.05) is 7.11 Å². The van der Waals surface area contributed by atoms with Gasteiger partial charge in [-0.05, 0) is 24.3 Å². The molecule has 0 bridgehead atoms. The Balaban J connectivity index is 2.30. The molecule has 0 saturated heterocycles. The number of rotatable bonds is 1. The summed E-state index contributed by atoms with van der Waals surface area (Å²) in [6, 6.07) is 7.35. The van der Waals surface area contributed by atoms with Crippen molar-refractivity contribution in [2.24, 2.45) is 0 Å². The fraction of sp³-hybridized carbons (Fsp3) is 0.0833. The molecule has 4 nitrogen and oxygen atoms in total. The summed E-state index contributed by atoms with van der Waals surface area (Å²) in [4.78, 5) is 17.6. The van der Waals surface area contributed by atoms with E-state index in [9.17, 15) is 4.79 Å². The number of fused-ring (bicyclic) bond motifs is 3. The number of benzene rings is 1. The number of hydrogen-bond donors (Lipinski definition) is 2. The molecule has 3 rings (SSSR count). The highest BCUT2D eigenvalue weighted by atomic mass is 35.5. The SMILES string of the molecule is COC(=O)c1cc2c([nH]1)[nH]c1ccc(Cl)cc12. The van der Waals surface area contributed by atoms with Crippen molar-refractivity contribution in [3.05, 3.63) is 35.0 Å². The van der Waals surface area contributed by atoms with Crippen molar-refractivity contribution >= 4 is 39.5 Å². The van der Waals surface area contributed by atoms with Crippen molar-refractivity contribution in [2.45, 2.75) is 0 Å². The Labute approximate surface area is 102 Å². The molecule has 17 heavy (non-hydrogen) atoms. The third-order valence-corrected chi connectivity index (χ3v) is 2.99. The van der Waals surface area contributed by atoms with Gasteiger partial charge >= 0.3 is 5.97 Å². The zero-order chi connectivity index (χ0) is 12.0. The number of carbonyl (C=O) groups is 1. The molecule has 0 spiro atoms. The van der Waals surface area contributed by atoms with Crippen molar-refractivity contribution < 1.29 is 9.53 Å². The van der Waals surface area contributed by atoms with Crippen LogP contribution in [0.2, 0.25) is 5.02 Å². The molecule has 0 unspecified atom stereocenters. The maximum Gasteiger partial charge on any atom is 0.354 e. The van der Waals surface area contributed by atoms with Gasteiger partial charge in [0.05, 0.1) is 7.11 Å². The lowest BCUT2D eigenvalue weighted by atomic mass is 10.2. The smallest absolute Gasteiger partial charge is 0.354 e. The molecule has 0 aliphatic rings. The van der Waals surface area contributed by atoms with E-state index in [-0.39, 0.29) is 5.97 Å². The van der Waals surface area contributed by atoms with E-state index in [2.05, 4.69) is 14.7 Å². The monoisotopic (exact) mass is 248 g/mol. The molecule has 0 aliphatic heterocycles. The standard InChI is InChI=1S/C12H9ClN2O2/c1-17-12(16)10-5-8-7-4-6(13)2-3-9(7)14-11(8)15-10/h2-5,14-15H,1H3. The number of nitrogens with one attached hydrogen (secondary N) is 2. The quantitative estimate of drug-likeness (QED) is 0.650. The maximum atomic E-state index is 11.4. The van der Waals surface area contributed by atoms with E-state index in [1.807, 2.05) is 18.2 Å². The molecular weight excluding hydrogens is 240 g/mol. The summed E-state index contributed by atoms with van der Waals surface area (Å²) < 4.78 is 4.66. The second kappa shape index (κ2) is 3.53. The van der Waals surface area contributed by atoms with Crippen LogP contribution in [0.4, 0.5) is 0 Å². The lowest BCUT2D eigenvalue weighted by Crippen LogP contribution is -2.00. The van der Waals surface area contributed by atoms with Gasteiger partial charge in [-0.15, -0.1) is 0 Å². The number of aromatic nitrogens is 2. The Morgan fingerprint density at radius 1 is 1.24 bits per heavy atom. The first kappa shape index (κ1) is 10.2. The highest BCUT2D eigenvalue weighted by molar-refractivity contribution is 6.31. The van der Waals surface area contributed by atoms with E-state index in [1.165, 1.54) is 7.11 Å².